The first-order valence-electron chi connectivity index (χ1n) is 9.36. The van der Waals surface area contributed by atoms with Crippen LogP contribution in [0.2, 0.25) is 0 Å². The summed E-state index contributed by atoms with van der Waals surface area (Å²) in [5.41, 5.74) is 1.98. The Bertz CT molecular complexity index is 774. The van der Waals surface area contributed by atoms with Crippen molar-refractivity contribution >= 4 is 11.8 Å². The quantitative estimate of drug-likeness (QED) is 0.855. The van der Waals surface area contributed by atoms with Crippen LogP contribution in [-0.4, -0.2) is 36.4 Å². The summed E-state index contributed by atoms with van der Waals surface area (Å²) in [6.45, 7) is 2.60. The number of methoxy groups -OCH3 is 1. The van der Waals surface area contributed by atoms with Crippen molar-refractivity contribution in [2.45, 2.75) is 38.3 Å². The second-order valence-electron chi connectivity index (χ2n) is 6.91. The molecule has 1 aliphatic heterocycles. The predicted molar refractivity (Wildman–Crippen MR) is 104 cm³/mol. The molecule has 27 heavy (non-hydrogen) atoms. The van der Waals surface area contributed by atoms with Gasteiger partial charge in [0.05, 0.1) is 19.6 Å². The fraction of sp³-hybridized carbons (Fsp3) is 0.364. The van der Waals surface area contributed by atoms with Crippen LogP contribution in [0.3, 0.4) is 0 Å². The van der Waals surface area contributed by atoms with E-state index in [2.05, 4.69) is 5.32 Å². The highest BCUT2D eigenvalue weighted by atomic mass is 16.5. The summed E-state index contributed by atoms with van der Waals surface area (Å²) >= 11 is 0. The molecule has 2 atom stereocenters. The molecule has 0 saturated carbocycles. The maximum Gasteiger partial charge on any atom is 0.243 e. The second kappa shape index (κ2) is 8.71. The number of ether oxygens (including phenoxy) is 1. The fourth-order valence-electron chi connectivity index (χ4n) is 3.49. The zero-order chi connectivity index (χ0) is 19.2. The Morgan fingerprint density at radius 2 is 1.85 bits per heavy atom. The minimum Gasteiger partial charge on any atom is -0.497 e. The van der Waals surface area contributed by atoms with Crippen molar-refractivity contribution in [3.8, 4) is 5.75 Å². The molecule has 0 aromatic heterocycles. The van der Waals surface area contributed by atoms with E-state index in [-0.39, 0.29) is 23.9 Å². The molecule has 2 unspecified atom stereocenters. The lowest BCUT2D eigenvalue weighted by Gasteiger charge is -2.26. The van der Waals surface area contributed by atoms with Crippen molar-refractivity contribution < 1.29 is 14.3 Å². The van der Waals surface area contributed by atoms with Crippen LogP contribution in [0.5, 0.6) is 5.75 Å². The summed E-state index contributed by atoms with van der Waals surface area (Å²) in [4.78, 5) is 27.2. The fourth-order valence-corrected chi connectivity index (χ4v) is 3.49. The van der Waals surface area contributed by atoms with Crippen LogP contribution in [0.15, 0.2) is 54.6 Å². The summed E-state index contributed by atoms with van der Waals surface area (Å²) in [5.74, 6) is 0.677. The van der Waals surface area contributed by atoms with Gasteiger partial charge < -0.3 is 15.0 Å². The first-order chi connectivity index (χ1) is 13.1. The van der Waals surface area contributed by atoms with Crippen molar-refractivity contribution in [2.24, 2.45) is 0 Å². The molecule has 1 fully saturated rings. The number of carbonyl (C=O) groups is 2. The van der Waals surface area contributed by atoms with Crippen LogP contribution in [0.25, 0.3) is 0 Å². The predicted octanol–water partition coefficient (Wildman–Crippen LogP) is 3.11. The van der Waals surface area contributed by atoms with Crippen LogP contribution in [0.4, 0.5) is 0 Å². The minimum absolute atomic E-state index is 0.00909. The van der Waals surface area contributed by atoms with Gasteiger partial charge in [-0.05, 0) is 43.0 Å². The van der Waals surface area contributed by atoms with E-state index in [1.54, 1.807) is 12.0 Å². The molecular formula is C22H26N2O3. The molecule has 2 aromatic carbocycles. The largest absolute Gasteiger partial charge is 0.497 e. The lowest BCUT2D eigenvalue weighted by Crippen LogP contribution is -2.47. The summed E-state index contributed by atoms with van der Waals surface area (Å²) in [7, 11) is 1.62. The highest BCUT2D eigenvalue weighted by Gasteiger charge is 2.34. The van der Waals surface area contributed by atoms with Crippen molar-refractivity contribution in [3.05, 3.63) is 65.7 Å². The van der Waals surface area contributed by atoms with Gasteiger partial charge in [-0.3, -0.25) is 9.59 Å². The van der Waals surface area contributed by atoms with Crippen LogP contribution in [0, 0.1) is 0 Å². The van der Waals surface area contributed by atoms with E-state index in [9.17, 15) is 9.59 Å². The zero-order valence-corrected chi connectivity index (χ0v) is 15.9. The molecule has 2 amide bonds. The maximum absolute atomic E-state index is 12.8. The normalized spacial score (nSPS) is 17.4. The zero-order valence-electron chi connectivity index (χ0n) is 15.9. The summed E-state index contributed by atoms with van der Waals surface area (Å²) < 4.78 is 5.15. The minimum atomic E-state index is -0.387. The number of carbonyl (C=O) groups excluding carboxylic acids is 2. The average Bonchev–Trinajstić information content (AvgIpc) is 3.19. The third-order valence-corrected chi connectivity index (χ3v) is 5.05. The third-order valence-electron chi connectivity index (χ3n) is 5.05. The van der Waals surface area contributed by atoms with E-state index in [1.165, 1.54) is 0 Å². The van der Waals surface area contributed by atoms with E-state index in [1.807, 2.05) is 61.5 Å². The van der Waals surface area contributed by atoms with E-state index in [0.29, 0.717) is 19.4 Å². The van der Waals surface area contributed by atoms with E-state index in [4.69, 9.17) is 4.74 Å². The molecule has 142 valence electrons. The first-order valence-corrected chi connectivity index (χ1v) is 9.36. The standard InChI is InChI=1S/C22H26N2O3/c1-16(18-7-4-3-5-8-18)23-22(26)20-9-6-14-24(20)21(25)15-17-10-12-19(27-2)13-11-17/h3-5,7-8,10-13,16,20H,6,9,14-15H2,1-2H3,(H,23,26). The van der Waals surface area contributed by atoms with Crippen molar-refractivity contribution in [1.29, 1.82) is 0 Å². The smallest absolute Gasteiger partial charge is 0.243 e. The van der Waals surface area contributed by atoms with Gasteiger partial charge in [-0.15, -0.1) is 0 Å². The van der Waals surface area contributed by atoms with E-state index < -0.39 is 0 Å². The van der Waals surface area contributed by atoms with E-state index >= 15 is 0 Å². The molecule has 5 heteroatoms. The molecule has 3 rings (SSSR count). The SMILES string of the molecule is COc1ccc(CC(=O)N2CCCC2C(=O)NC(C)c2ccccc2)cc1. The van der Waals surface area contributed by atoms with Gasteiger partial charge in [0.2, 0.25) is 11.8 Å². The van der Waals surface area contributed by atoms with Gasteiger partial charge >= 0.3 is 0 Å². The molecule has 5 nitrogen and oxygen atoms in total. The Kier molecular flexibility index (Phi) is 6.12. The lowest BCUT2D eigenvalue weighted by atomic mass is 10.1. The van der Waals surface area contributed by atoms with Crippen LogP contribution in [-0.2, 0) is 16.0 Å². The Morgan fingerprint density at radius 1 is 1.15 bits per heavy atom. The molecule has 1 aliphatic rings. The molecule has 1 heterocycles. The van der Waals surface area contributed by atoms with Gasteiger partial charge in [-0.1, -0.05) is 42.5 Å². The molecular weight excluding hydrogens is 340 g/mol. The Labute approximate surface area is 160 Å². The van der Waals surface area contributed by atoms with Gasteiger partial charge in [-0.25, -0.2) is 0 Å². The number of hydrogen-bond acceptors (Lipinski definition) is 3. The maximum atomic E-state index is 12.8. The Hall–Kier alpha value is -2.82. The van der Waals surface area contributed by atoms with E-state index in [0.717, 1.165) is 23.3 Å². The van der Waals surface area contributed by atoms with Crippen molar-refractivity contribution in [2.75, 3.05) is 13.7 Å². The molecule has 0 bridgehead atoms. The van der Waals surface area contributed by atoms with Crippen LogP contribution in [0.1, 0.15) is 36.9 Å². The number of likely N-dealkylation sites (tertiary alicyclic amines) is 1. The molecule has 0 spiro atoms. The molecule has 1 saturated heterocycles. The van der Waals surface area contributed by atoms with Gasteiger partial charge in [0, 0.05) is 6.54 Å². The number of benzene rings is 2. The molecule has 1 N–H and O–H groups in total. The monoisotopic (exact) mass is 366 g/mol. The van der Waals surface area contributed by atoms with Crippen molar-refractivity contribution in [1.82, 2.24) is 10.2 Å². The van der Waals surface area contributed by atoms with Gasteiger partial charge in [-0.2, -0.15) is 0 Å². The van der Waals surface area contributed by atoms with Crippen LogP contribution >= 0.6 is 0 Å². The highest BCUT2D eigenvalue weighted by molar-refractivity contribution is 5.89. The Morgan fingerprint density at radius 3 is 2.52 bits per heavy atom. The average molecular weight is 366 g/mol. The molecule has 2 aromatic rings. The molecule has 0 aliphatic carbocycles. The number of rotatable bonds is 6. The number of nitrogens with one attached hydrogen (secondary N) is 1. The van der Waals surface area contributed by atoms with Gasteiger partial charge in [0.1, 0.15) is 11.8 Å². The lowest BCUT2D eigenvalue weighted by molar-refractivity contribution is -0.138. The Balaban J connectivity index is 1.61. The van der Waals surface area contributed by atoms with Crippen LogP contribution < -0.4 is 10.1 Å². The number of hydrogen-bond donors (Lipinski definition) is 1. The van der Waals surface area contributed by atoms with Gasteiger partial charge in [0.25, 0.3) is 0 Å². The second-order valence-corrected chi connectivity index (χ2v) is 6.91. The van der Waals surface area contributed by atoms with Gasteiger partial charge in [0.15, 0.2) is 0 Å². The highest BCUT2D eigenvalue weighted by Crippen LogP contribution is 2.21. The topological polar surface area (TPSA) is 58.6 Å². The summed E-state index contributed by atoms with van der Waals surface area (Å²) in [6.07, 6.45) is 1.86. The molecule has 0 radical (unpaired) electrons. The number of nitrogens with zero attached hydrogens (tertiary/aromatic N) is 1. The van der Waals surface area contributed by atoms with Crippen molar-refractivity contribution in [3.63, 3.8) is 0 Å². The first kappa shape index (κ1) is 19.0. The third kappa shape index (κ3) is 4.67. The number of amides is 2. The summed E-state index contributed by atoms with van der Waals surface area (Å²) in [6, 6.07) is 16.8. The summed E-state index contributed by atoms with van der Waals surface area (Å²) in [5, 5.41) is 3.05.